The van der Waals surface area contributed by atoms with Gasteiger partial charge in [-0.25, -0.2) is 4.98 Å². The molecule has 0 aliphatic carbocycles. The first-order valence-corrected chi connectivity index (χ1v) is 9.46. The van der Waals surface area contributed by atoms with Gasteiger partial charge in [0.25, 0.3) is 5.91 Å². The SMILES string of the molecule is [N-]=[N+]=NCc1nc2c(OCc3ccccc3)cccn2c1C(=O)N[C@H](CN=O)CN=[N+]=[N-]. The zero-order valence-electron chi connectivity index (χ0n) is 16.8. The van der Waals surface area contributed by atoms with Crippen LogP contribution in [0.4, 0.5) is 0 Å². The Bertz CT molecular complexity index is 1200. The second-order valence-corrected chi connectivity index (χ2v) is 6.53. The molecule has 0 saturated heterocycles. The third kappa shape index (κ3) is 5.30. The number of azide groups is 2. The number of ether oxygens (including phenoxy) is 1. The Morgan fingerprint density at radius 3 is 2.62 bits per heavy atom. The molecule has 0 spiro atoms. The molecule has 2 heterocycles. The molecule has 2 aromatic heterocycles. The third-order valence-electron chi connectivity index (χ3n) is 4.42. The number of hydrogen-bond acceptors (Lipinski definition) is 7. The quantitative estimate of drug-likeness (QED) is 0.208. The van der Waals surface area contributed by atoms with Gasteiger partial charge >= 0.3 is 0 Å². The normalized spacial score (nSPS) is 11.1. The van der Waals surface area contributed by atoms with Crippen LogP contribution in [0.5, 0.6) is 5.75 Å². The molecule has 32 heavy (non-hydrogen) atoms. The van der Waals surface area contributed by atoms with Crippen LogP contribution < -0.4 is 10.1 Å². The lowest BCUT2D eigenvalue weighted by Crippen LogP contribution is -2.40. The van der Waals surface area contributed by atoms with Gasteiger partial charge in [0.1, 0.15) is 18.8 Å². The second-order valence-electron chi connectivity index (χ2n) is 6.53. The number of nitrogens with zero attached hydrogens (tertiary/aromatic N) is 9. The lowest BCUT2D eigenvalue weighted by atomic mass is 10.2. The van der Waals surface area contributed by atoms with Gasteiger partial charge in [-0.15, -0.1) is 0 Å². The standard InChI is InChI=1S/C19H18N10O3/c20-27-22-9-14(10-24-31)25-19(30)17-15(11-23-28-21)26-18-16(7-4-8-29(17)18)32-12-13-5-2-1-3-6-13/h1-8,14H,9-12H2,(H,25,30)/t14-/m0/s1. The predicted molar refractivity (Wildman–Crippen MR) is 115 cm³/mol. The van der Waals surface area contributed by atoms with E-state index in [0.29, 0.717) is 18.0 Å². The molecule has 0 aliphatic rings. The Morgan fingerprint density at radius 2 is 1.91 bits per heavy atom. The van der Waals surface area contributed by atoms with Gasteiger partial charge in [0.15, 0.2) is 11.4 Å². The summed E-state index contributed by atoms with van der Waals surface area (Å²) in [5.41, 5.74) is 18.9. The Morgan fingerprint density at radius 1 is 1.12 bits per heavy atom. The van der Waals surface area contributed by atoms with Crippen molar-refractivity contribution in [3.05, 3.63) is 91.4 Å². The first-order valence-electron chi connectivity index (χ1n) is 9.46. The molecule has 0 radical (unpaired) electrons. The van der Waals surface area contributed by atoms with Gasteiger partial charge in [0.2, 0.25) is 0 Å². The van der Waals surface area contributed by atoms with E-state index >= 15 is 0 Å². The number of fused-ring (bicyclic) bond motifs is 1. The summed E-state index contributed by atoms with van der Waals surface area (Å²) in [4.78, 5) is 33.5. The minimum Gasteiger partial charge on any atom is -0.485 e. The van der Waals surface area contributed by atoms with Gasteiger partial charge in [0, 0.05) is 22.6 Å². The largest absolute Gasteiger partial charge is 0.485 e. The number of rotatable bonds is 11. The van der Waals surface area contributed by atoms with Crippen molar-refractivity contribution < 1.29 is 9.53 Å². The maximum atomic E-state index is 13.0. The van der Waals surface area contributed by atoms with Crippen molar-refractivity contribution in [1.29, 1.82) is 0 Å². The smallest absolute Gasteiger partial charge is 0.270 e. The molecular weight excluding hydrogens is 416 g/mol. The molecule has 13 heteroatoms. The summed E-state index contributed by atoms with van der Waals surface area (Å²) in [5, 5.41) is 12.3. The molecule has 3 aromatic rings. The van der Waals surface area contributed by atoms with Crippen LogP contribution in [-0.2, 0) is 13.2 Å². The second kappa shape index (κ2) is 11.0. The zero-order valence-corrected chi connectivity index (χ0v) is 16.8. The summed E-state index contributed by atoms with van der Waals surface area (Å²) < 4.78 is 7.41. The van der Waals surface area contributed by atoms with Crippen molar-refractivity contribution in [3.63, 3.8) is 0 Å². The molecule has 0 aliphatic heterocycles. The van der Waals surface area contributed by atoms with E-state index < -0.39 is 11.9 Å². The third-order valence-corrected chi connectivity index (χ3v) is 4.42. The van der Waals surface area contributed by atoms with Gasteiger partial charge in [-0.1, -0.05) is 45.7 Å². The zero-order chi connectivity index (χ0) is 22.8. The molecule has 0 unspecified atom stereocenters. The van der Waals surface area contributed by atoms with Crippen LogP contribution in [0.3, 0.4) is 0 Å². The average molecular weight is 434 g/mol. The van der Waals surface area contributed by atoms with Crippen molar-refractivity contribution >= 4 is 11.6 Å². The van der Waals surface area contributed by atoms with E-state index in [1.54, 1.807) is 18.3 Å². The number of nitrogens with one attached hydrogen (secondary N) is 1. The van der Waals surface area contributed by atoms with Gasteiger partial charge in [-0.2, -0.15) is 4.91 Å². The number of nitroso groups, excluding NO2 is 1. The van der Waals surface area contributed by atoms with Crippen LogP contribution in [0.15, 0.2) is 64.1 Å². The molecule has 1 aromatic carbocycles. The predicted octanol–water partition coefficient (Wildman–Crippen LogP) is 3.90. The van der Waals surface area contributed by atoms with Crippen LogP contribution in [0, 0.1) is 4.91 Å². The Labute approximate surface area is 181 Å². The van der Waals surface area contributed by atoms with Crippen molar-refractivity contribution in [1.82, 2.24) is 14.7 Å². The summed E-state index contributed by atoms with van der Waals surface area (Å²) in [6.45, 7) is -0.313. The highest BCUT2D eigenvalue weighted by Crippen LogP contribution is 2.24. The van der Waals surface area contributed by atoms with Crippen LogP contribution in [0.25, 0.3) is 26.5 Å². The van der Waals surface area contributed by atoms with E-state index in [1.807, 2.05) is 30.3 Å². The number of imidazole rings is 1. The molecule has 0 saturated carbocycles. The molecule has 0 bridgehead atoms. The van der Waals surface area contributed by atoms with Gasteiger partial charge in [0.05, 0.1) is 18.3 Å². The maximum absolute atomic E-state index is 13.0. The topological polar surface area (TPSA) is 183 Å². The summed E-state index contributed by atoms with van der Waals surface area (Å²) in [7, 11) is 0. The van der Waals surface area contributed by atoms with Gasteiger partial charge in [-0.3, -0.25) is 9.20 Å². The van der Waals surface area contributed by atoms with Crippen molar-refractivity contribution in [2.75, 3.05) is 13.1 Å². The van der Waals surface area contributed by atoms with Crippen molar-refractivity contribution in [3.8, 4) is 5.75 Å². The molecule has 3 rings (SSSR count). The number of hydrogen-bond donors (Lipinski definition) is 1. The fraction of sp³-hybridized carbons (Fsp3) is 0.263. The average Bonchev–Trinajstić information content (AvgIpc) is 3.19. The molecule has 0 fully saturated rings. The van der Waals surface area contributed by atoms with Gasteiger partial charge < -0.3 is 10.1 Å². The molecule has 1 atom stereocenters. The first kappa shape index (κ1) is 22.1. The lowest BCUT2D eigenvalue weighted by molar-refractivity contribution is 0.0932. The number of benzene rings is 1. The highest BCUT2D eigenvalue weighted by molar-refractivity contribution is 5.95. The summed E-state index contributed by atoms with van der Waals surface area (Å²) in [5.74, 6) is -0.166. The maximum Gasteiger partial charge on any atom is 0.270 e. The van der Waals surface area contributed by atoms with E-state index in [9.17, 15) is 9.70 Å². The fourth-order valence-electron chi connectivity index (χ4n) is 3.01. The highest BCUT2D eigenvalue weighted by atomic mass is 16.5. The monoisotopic (exact) mass is 434 g/mol. The fourth-order valence-corrected chi connectivity index (χ4v) is 3.01. The van der Waals surface area contributed by atoms with Crippen LogP contribution >= 0.6 is 0 Å². The van der Waals surface area contributed by atoms with E-state index in [1.165, 1.54) is 4.40 Å². The first-order chi connectivity index (χ1) is 15.7. The van der Waals surface area contributed by atoms with Crippen LogP contribution in [0.1, 0.15) is 21.7 Å². The lowest BCUT2D eigenvalue weighted by Gasteiger charge is -2.14. The Hall–Kier alpha value is -4.60. The number of carbonyl (C=O) groups excluding carboxylic acids is 1. The number of pyridine rings is 1. The van der Waals surface area contributed by atoms with Crippen molar-refractivity contribution in [2.24, 2.45) is 15.4 Å². The van der Waals surface area contributed by atoms with E-state index in [2.05, 4.69) is 35.5 Å². The Balaban J connectivity index is 1.96. The van der Waals surface area contributed by atoms with Crippen LogP contribution in [-0.4, -0.2) is 34.4 Å². The number of carbonyl (C=O) groups is 1. The highest BCUT2D eigenvalue weighted by Gasteiger charge is 2.23. The van der Waals surface area contributed by atoms with E-state index in [-0.39, 0.29) is 31.0 Å². The minimum absolute atomic E-state index is 0.106. The summed E-state index contributed by atoms with van der Waals surface area (Å²) in [6, 6.07) is 12.1. The minimum atomic E-state index is -0.800. The van der Waals surface area contributed by atoms with E-state index in [0.717, 1.165) is 5.56 Å². The molecule has 1 amide bonds. The molecule has 162 valence electrons. The summed E-state index contributed by atoms with van der Waals surface area (Å²) in [6.07, 6.45) is 1.62. The molecule has 13 nitrogen and oxygen atoms in total. The van der Waals surface area contributed by atoms with Crippen LogP contribution in [0.2, 0.25) is 0 Å². The molecule has 1 N–H and O–H groups in total. The van der Waals surface area contributed by atoms with Crippen molar-refractivity contribution in [2.45, 2.75) is 19.2 Å². The van der Waals surface area contributed by atoms with Gasteiger partial charge in [-0.05, 0) is 28.8 Å². The molecular formula is C19H18N10O3. The number of aromatic nitrogens is 2. The number of amides is 1. The summed E-state index contributed by atoms with van der Waals surface area (Å²) >= 11 is 0. The van der Waals surface area contributed by atoms with E-state index in [4.69, 9.17) is 15.8 Å². The Kier molecular flexibility index (Phi) is 7.58.